The van der Waals surface area contributed by atoms with Crippen molar-refractivity contribution in [3.63, 3.8) is 0 Å². The van der Waals surface area contributed by atoms with Crippen LogP contribution in [-0.4, -0.2) is 49.2 Å². The van der Waals surface area contributed by atoms with Gasteiger partial charge in [0, 0.05) is 26.6 Å². The highest BCUT2D eigenvalue weighted by Gasteiger charge is 2.27. The Balaban J connectivity index is 0.000000189. The molecule has 6 rings (SSSR count). The Labute approximate surface area is 296 Å². The van der Waals surface area contributed by atoms with Gasteiger partial charge in [-0.05, 0) is 90.1 Å². The number of aryl methyl sites for hydroxylation is 2. The number of pyridine rings is 2. The van der Waals surface area contributed by atoms with Crippen LogP contribution in [0, 0.1) is 37.1 Å². The third kappa shape index (κ3) is 8.82. The fourth-order valence-electron chi connectivity index (χ4n) is 4.44. The van der Waals surface area contributed by atoms with Gasteiger partial charge in [-0.3, -0.25) is 9.97 Å². The first-order valence-corrected chi connectivity index (χ1v) is 15.7. The van der Waals surface area contributed by atoms with Crippen molar-refractivity contribution in [1.29, 1.82) is 0 Å². The summed E-state index contributed by atoms with van der Waals surface area (Å²) in [5.41, 5.74) is 0.883. The van der Waals surface area contributed by atoms with Crippen molar-refractivity contribution < 1.29 is 36.9 Å². The minimum Gasteiger partial charge on any atom is -0.506 e. The third-order valence-electron chi connectivity index (χ3n) is 7.63. The lowest BCUT2D eigenvalue weighted by Gasteiger charge is -2.24. The number of fused-ring (bicyclic) bond motifs is 2. The van der Waals surface area contributed by atoms with E-state index in [0.717, 1.165) is 12.1 Å². The van der Waals surface area contributed by atoms with Crippen LogP contribution in [0.15, 0.2) is 60.9 Å². The molecular formula is C36H35ClF4N6O4. The van der Waals surface area contributed by atoms with Crippen molar-refractivity contribution in [2.45, 2.75) is 52.7 Å². The summed E-state index contributed by atoms with van der Waals surface area (Å²) >= 11 is 5.69. The van der Waals surface area contributed by atoms with Gasteiger partial charge in [-0.15, -0.1) is 0 Å². The van der Waals surface area contributed by atoms with E-state index in [1.54, 1.807) is 64.7 Å². The lowest BCUT2D eigenvalue weighted by atomic mass is 10.0. The Kier molecular flexibility index (Phi) is 12.1. The molecule has 4 aromatic heterocycles. The van der Waals surface area contributed by atoms with E-state index in [4.69, 9.17) is 25.8 Å². The highest BCUT2D eigenvalue weighted by atomic mass is 35.5. The van der Waals surface area contributed by atoms with Gasteiger partial charge in [-0.25, -0.2) is 37.5 Å². The molecule has 2 aromatic carbocycles. The number of aromatic nitrogens is 6. The van der Waals surface area contributed by atoms with Crippen LogP contribution in [0.3, 0.4) is 0 Å². The standard InChI is InChI=1S/C18H17F2N3O2.C9H5ClF2N2.C9H13NO2/c1-10-17(23-12-8-7-11(19)14(20)15(12)22-10)25-13-6-5-9-21-16(13)18(2,3)24-4;1-4-9(10)14-6-3-2-5(11)7(12)8(6)13-4;1-9(2,12-3)8-7(11)5-4-6-10-8/h5-9H,1-4H3;2-3H,1H3;4-6,11H,1-3H3. The van der Waals surface area contributed by atoms with Gasteiger partial charge in [0.1, 0.15) is 45.1 Å². The molecule has 51 heavy (non-hydrogen) atoms. The van der Waals surface area contributed by atoms with Gasteiger partial charge in [0.25, 0.3) is 0 Å². The lowest BCUT2D eigenvalue weighted by Crippen LogP contribution is -2.22. The zero-order chi connectivity index (χ0) is 37.7. The number of hydrogen-bond donors (Lipinski definition) is 1. The van der Waals surface area contributed by atoms with E-state index < -0.39 is 34.5 Å². The lowest BCUT2D eigenvalue weighted by molar-refractivity contribution is 0.0133. The minimum absolute atomic E-state index is 0.0908. The van der Waals surface area contributed by atoms with Crippen LogP contribution in [0.2, 0.25) is 5.15 Å². The van der Waals surface area contributed by atoms with Gasteiger partial charge in [-0.1, -0.05) is 11.6 Å². The number of hydrogen-bond acceptors (Lipinski definition) is 10. The number of benzene rings is 2. The maximum absolute atomic E-state index is 13.9. The zero-order valence-electron chi connectivity index (χ0n) is 29.0. The number of nitrogens with zero attached hydrogens (tertiary/aromatic N) is 6. The van der Waals surface area contributed by atoms with Gasteiger partial charge in [0.05, 0.1) is 16.7 Å². The van der Waals surface area contributed by atoms with Crippen molar-refractivity contribution in [2.24, 2.45) is 0 Å². The highest BCUT2D eigenvalue weighted by molar-refractivity contribution is 6.30. The van der Waals surface area contributed by atoms with Crippen LogP contribution in [0.4, 0.5) is 17.6 Å². The van der Waals surface area contributed by atoms with E-state index in [-0.39, 0.29) is 38.8 Å². The van der Waals surface area contributed by atoms with Gasteiger partial charge >= 0.3 is 0 Å². The van der Waals surface area contributed by atoms with E-state index in [1.165, 1.54) is 12.1 Å². The van der Waals surface area contributed by atoms with E-state index in [1.807, 2.05) is 27.7 Å². The highest BCUT2D eigenvalue weighted by Crippen LogP contribution is 2.34. The summed E-state index contributed by atoms with van der Waals surface area (Å²) in [4.78, 5) is 24.4. The number of methoxy groups -OCH3 is 2. The molecule has 0 spiro atoms. The van der Waals surface area contributed by atoms with Crippen LogP contribution >= 0.6 is 11.6 Å². The first-order valence-electron chi connectivity index (χ1n) is 15.3. The predicted octanol–water partition coefficient (Wildman–Crippen LogP) is 8.82. The number of rotatable bonds is 6. The molecule has 0 amide bonds. The maximum Gasteiger partial charge on any atom is 0.241 e. The quantitative estimate of drug-likeness (QED) is 0.167. The molecule has 15 heteroatoms. The number of ether oxygens (including phenoxy) is 3. The number of aromatic hydroxyl groups is 1. The van der Waals surface area contributed by atoms with Gasteiger partial charge in [0.15, 0.2) is 34.2 Å². The molecule has 0 bridgehead atoms. The molecular weight excluding hydrogens is 692 g/mol. The predicted molar refractivity (Wildman–Crippen MR) is 184 cm³/mol. The van der Waals surface area contributed by atoms with Gasteiger partial charge in [0.2, 0.25) is 5.88 Å². The van der Waals surface area contributed by atoms with Gasteiger partial charge < -0.3 is 19.3 Å². The summed E-state index contributed by atoms with van der Waals surface area (Å²) in [7, 11) is 3.17. The smallest absolute Gasteiger partial charge is 0.241 e. The van der Waals surface area contributed by atoms with Crippen molar-refractivity contribution >= 4 is 33.7 Å². The topological polar surface area (TPSA) is 125 Å². The van der Waals surface area contributed by atoms with Crippen LogP contribution in [-0.2, 0) is 20.7 Å². The second-order valence-electron chi connectivity index (χ2n) is 11.9. The second-order valence-corrected chi connectivity index (χ2v) is 12.3. The van der Waals surface area contributed by atoms with Crippen LogP contribution < -0.4 is 4.74 Å². The summed E-state index contributed by atoms with van der Waals surface area (Å²) < 4.78 is 69.7. The van der Waals surface area contributed by atoms with Crippen LogP contribution in [0.5, 0.6) is 17.4 Å². The molecule has 0 atom stereocenters. The molecule has 4 heterocycles. The molecule has 0 aliphatic heterocycles. The molecule has 0 saturated heterocycles. The largest absolute Gasteiger partial charge is 0.506 e. The molecule has 268 valence electrons. The zero-order valence-corrected chi connectivity index (χ0v) is 29.8. The first kappa shape index (κ1) is 38.7. The number of halogens is 5. The Morgan fingerprint density at radius 2 is 1.14 bits per heavy atom. The summed E-state index contributed by atoms with van der Waals surface area (Å²) in [6, 6.07) is 11.5. The summed E-state index contributed by atoms with van der Waals surface area (Å²) in [6.07, 6.45) is 3.27. The third-order valence-corrected chi connectivity index (χ3v) is 7.99. The SMILES string of the molecule is COC(C)(C)c1ncccc1O.COC(C)(C)c1ncccc1Oc1nc2ccc(F)c(F)c2nc1C.Cc1nc2c(F)c(F)ccc2nc1Cl. The summed E-state index contributed by atoms with van der Waals surface area (Å²) in [5.74, 6) is -3.10. The first-order chi connectivity index (χ1) is 24.0. The Morgan fingerprint density at radius 3 is 1.69 bits per heavy atom. The van der Waals surface area contributed by atoms with E-state index >= 15 is 0 Å². The molecule has 1 N–H and O–H groups in total. The van der Waals surface area contributed by atoms with Crippen molar-refractivity contribution in [1.82, 2.24) is 29.9 Å². The van der Waals surface area contributed by atoms with Crippen molar-refractivity contribution in [2.75, 3.05) is 14.2 Å². The Morgan fingerprint density at radius 1 is 0.647 bits per heavy atom. The average Bonchev–Trinajstić information content (AvgIpc) is 3.11. The molecule has 0 aliphatic rings. The maximum atomic E-state index is 13.9. The molecule has 10 nitrogen and oxygen atoms in total. The second kappa shape index (κ2) is 15.9. The van der Waals surface area contributed by atoms with Crippen LogP contribution in [0.25, 0.3) is 22.1 Å². The van der Waals surface area contributed by atoms with E-state index in [9.17, 15) is 22.7 Å². The fraction of sp³-hybridized carbons (Fsp3) is 0.278. The Bertz CT molecular complexity index is 2190. The molecule has 0 aliphatic carbocycles. The molecule has 0 fully saturated rings. The summed E-state index contributed by atoms with van der Waals surface area (Å²) in [6.45, 7) is 10.6. The van der Waals surface area contributed by atoms with Crippen molar-refractivity contribution in [3.05, 3.63) is 112 Å². The monoisotopic (exact) mass is 726 g/mol. The van der Waals surface area contributed by atoms with Crippen molar-refractivity contribution in [3.8, 4) is 17.4 Å². The fourth-order valence-corrected chi connectivity index (χ4v) is 4.57. The Hall–Kier alpha value is -5.05. The summed E-state index contributed by atoms with van der Waals surface area (Å²) in [5, 5.41) is 9.63. The minimum atomic E-state index is -1.03. The molecule has 6 aromatic rings. The molecule has 0 unspecified atom stereocenters. The van der Waals surface area contributed by atoms with E-state index in [2.05, 4.69) is 29.9 Å². The van der Waals surface area contributed by atoms with Crippen LogP contribution in [0.1, 0.15) is 50.5 Å². The molecule has 0 saturated carbocycles. The normalized spacial score (nSPS) is 11.5. The van der Waals surface area contributed by atoms with Gasteiger partial charge in [-0.2, -0.15) is 0 Å². The van der Waals surface area contributed by atoms with E-state index in [0.29, 0.717) is 28.5 Å². The molecule has 0 radical (unpaired) electrons. The average molecular weight is 727 g/mol.